The van der Waals surface area contributed by atoms with Gasteiger partial charge in [0.2, 0.25) is 0 Å². The van der Waals surface area contributed by atoms with Gasteiger partial charge in [0.05, 0.1) is 18.4 Å². The second-order valence-corrected chi connectivity index (χ2v) is 12.5. The van der Waals surface area contributed by atoms with E-state index in [4.69, 9.17) is 9.57 Å². The van der Waals surface area contributed by atoms with E-state index in [2.05, 4.69) is 32.0 Å². The van der Waals surface area contributed by atoms with Crippen molar-refractivity contribution in [1.29, 1.82) is 0 Å². The Morgan fingerprint density at radius 3 is 2.38 bits per heavy atom. The normalized spacial score (nSPS) is 25.7. The van der Waals surface area contributed by atoms with E-state index < -0.39 is 17.3 Å². The number of carboxylic acid groups (broad SMARTS) is 1. The monoisotopic (exact) mass is 546 g/mol. The summed E-state index contributed by atoms with van der Waals surface area (Å²) < 4.78 is 33.7. The number of aliphatic carboxylic acids is 1. The minimum Gasteiger partial charge on any atom is -0.493 e. The summed E-state index contributed by atoms with van der Waals surface area (Å²) in [7, 11) is 0. The molecule has 1 N–H and O–H groups in total. The number of likely N-dealkylation sites (tertiary alicyclic amines) is 2. The summed E-state index contributed by atoms with van der Waals surface area (Å²) in [5.41, 5.74) is 2.51. The summed E-state index contributed by atoms with van der Waals surface area (Å²) in [5, 5.41) is 13.9. The molecule has 10 heteroatoms. The van der Waals surface area contributed by atoms with Gasteiger partial charge in [0.15, 0.2) is 5.60 Å². The molecule has 1 aromatic carbocycles. The lowest BCUT2D eigenvalue weighted by Crippen LogP contribution is -2.61. The van der Waals surface area contributed by atoms with Crippen LogP contribution in [-0.4, -0.2) is 84.1 Å². The molecule has 4 fully saturated rings. The number of halogens is 2. The predicted molar refractivity (Wildman–Crippen MR) is 144 cm³/mol. The van der Waals surface area contributed by atoms with Crippen LogP contribution < -0.4 is 9.64 Å². The zero-order chi connectivity index (χ0) is 27.4. The maximum atomic E-state index is 13.8. The first-order chi connectivity index (χ1) is 18.6. The van der Waals surface area contributed by atoms with Crippen molar-refractivity contribution in [2.75, 3.05) is 50.8 Å². The summed E-state index contributed by atoms with van der Waals surface area (Å²) in [6, 6.07) is 4.36. The molecule has 5 aliphatic rings. The van der Waals surface area contributed by atoms with Crippen LogP contribution in [0.1, 0.15) is 75.8 Å². The van der Waals surface area contributed by atoms with E-state index in [1.54, 1.807) is 0 Å². The van der Waals surface area contributed by atoms with Crippen molar-refractivity contribution in [3.05, 3.63) is 23.3 Å². The number of hydrogen-bond donors (Lipinski definition) is 1. The third kappa shape index (κ3) is 5.28. The second kappa shape index (κ2) is 9.78. The summed E-state index contributed by atoms with van der Waals surface area (Å²) in [6.45, 7) is 8.76. The fourth-order valence-electron chi connectivity index (χ4n) is 6.55. The highest BCUT2D eigenvalue weighted by Gasteiger charge is 2.51. The van der Waals surface area contributed by atoms with Crippen molar-refractivity contribution in [2.24, 2.45) is 10.6 Å². The molecule has 1 aromatic rings. The lowest BCUT2D eigenvalue weighted by atomic mass is 9.80. The highest BCUT2D eigenvalue weighted by molar-refractivity contribution is 5.85. The van der Waals surface area contributed by atoms with Crippen LogP contribution in [0.5, 0.6) is 5.75 Å². The van der Waals surface area contributed by atoms with Crippen molar-refractivity contribution in [3.63, 3.8) is 0 Å². The molecule has 0 radical (unpaired) electrons. The average Bonchev–Trinajstić information content (AvgIpc) is 3.63. The summed E-state index contributed by atoms with van der Waals surface area (Å²) in [5.74, 6) is -1.01. The number of rotatable bonds is 7. The van der Waals surface area contributed by atoms with Gasteiger partial charge in [-0.05, 0) is 57.1 Å². The minimum absolute atomic E-state index is 0.0982. The third-order valence-electron chi connectivity index (χ3n) is 9.35. The lowest BCUT2D eigenvalue weighted by molar-refractivity contribution is -0.150. The highest BCUT2D eigenvalue weighted by Crippen LogP contribution is 2.48. The van der Waals surface area contributed by atoms with Gasteiger partial charge in [-0.25, -0.2) is 8.78 Å². The molecule has 0 bridgehead atoms. The molecule has 0 unspecified atom stereocenters. The molecule has 6 rings (SSSR count). The van der Waals surface area contributed by atoms with E-state index in [1.165, 1.54) is 5.56 Å². The Morgan fingerprint density at radius 2 is 1.77 bits per heavy atom. The van der Waals surface area contributed by atoms with Gasteiger partial charge in [0.1, 0.15) is 11.6 Å². The van der Waals surface area contributed by atoms with Crippen LogP contribution in [0.4, 0.5) is 14.5 Å². The van der Waals surface area contributed by atoms with Crippen LogP contribution in [0, 0.1) is 5.41 Å². The molecule has 1 aliphatic carbocycles. The molecule has 3 saturated heterocycles. The molecule has 1 saturated carbocycles. The molecule has 4 heterocycles. The van der Waals surface area contributed by atoms with Crippen LogP contribution in [0.25, 0.3) is 0 Å². The van der Waals surface area contributed by atoms with Crippen LogP contribution in [-0.2, 0) is 16.2 Å². The number of benzene rings is 1. The maximum absolute atomic E-state index is 13.8. The summed E-state index contributed by atoms with van der Waals surface area (Å²) in [4.78, 5) is 24.2. The zero-order valence-electron chi connectivity index (χ0n) is 23.1. The zero-order valence-corrected chi connectivity index (χ0v) is 23.1. The maximum Gasteiger partial charge on any atom is 0.309 e. The van der Waals surface area contributed by atoms with Gasteiger partial charge in [-0.2, -0.15) is 0 Å². The second-order valence-electron chi connectivity index (χ2n) is 12.5. The number of carbonyl (C=O) groups is 1. The molecular formula is C29H40F2N4O4. The SMILES string of the molecule is CCOc1cc(N2CCC(F)(F)CC2)c(C2CC2)cc1CN1CC2(CC(N3CCC(C)(C(=O)O)CC3)=NO2)C1. The number of oxime groups is 1. The molecule has 39 heavy (non-hydrogen) atoms. The van der Waals surface area contributed by atoms with Crippen molar-refractivity contribution in [2.45, 2.75) is 82.8 Å². The third-order valence-corrected chi connectivity index (χ3v) is 9.35. The van der Waals surface area contributed by atoms with E-state index in [9.17, 15) is 18.7 Å². The Kier molecular flexibility index (Phi) is 6.67. The van der Waals surface area contributed by atoms with Gasteiger partial charge in [-0.15, -0.1) is 0 Å². The molecule has 0 amide bonds. The van der Waals surface area contributed by atoms with Gasteiger partial charge < -0.3 is 24.5 Å². The Bertz CT molecular complexity index is 1130. The van der Waals surface area contributed by atoms with Crippen LogP contribution >= 0.6 is 0 Å². The number of amidine groups is 1. The van der Waals surface area contributed by atoms with E-state index in [-0.39, 0.29) is 18.4 Å². The van der Waals surface area contributed by atoms with Gasteiger partial charge in [0, 0.05) is 76.0 Å². The van der Waals surface area contributed by atoms with Crippen molar-refractivity contribution < 1.29 is 28.3 Å². The Hall–Kier alpha value is -2.62. The Labute approximate surface area is 228 Å². The first-order valence-corrected chi connectivity index (χ1v) is 14.5. The van der Waals surface area contributed by atoms with E-state index in [0.29, 0.717) is 51.5 Å². The van der Waals surface area contributed by atoms with Gasteiger partial charge in [0.25, 0.3) is 5.92 Å². The van der Waals surface area contributed by atoms with Crippen LogP contribution in [0.2, 0.25) is 0 Å². The van der Waals surface area contributed by atoms with E-state index in [0.717, 1.165) is 61.7 Å². The number of anilines is 1. The summed E-state index contributed by atoms with van der Waals surface area (Å²) in [6.07, 6.45) is 4.07. The van der Waals surface area contributed by atoms with Crippen molar-refractivity contribution in [1.82, 2.24) is 9.80 Å². The smallest absolute Gasteiger partial charge is 0.309 e. The largest absolute Gasteiger partial charge is 0.493 e. The minimum atomic E-state index is -2.56. The number of nitrogens with zero attached hydrogens (tertiary/aromatic N) is 4. The fraction of sp³-hybridized carbons (Fsp3) is 0.724. The van der Waals surface area contributed by atoms with E-state index in [1.807, 2.05) is 13.8 Å². The van der Waals surface area contributed by atoms with Crippen LogP contribution in [0.15, 0.2) is 17.3 Å². The number of piperidine rings is 2. The first kappa shape index (κ1) is 26.6. The number of alkyl halides is 2. The topological polar surface area (TPSA) is 77.8 Å². The Morgan fingerprint density at radius 1 is 1.10 bits per heavy atom. The molecule has 4 aliphatic heterocycles. The molecule has 1 spiro atoms. The van der Waals surface area contributed by atoms with Gasteiger partial charge in [-0.1, -0.05) is 5.16 Å². The van der Waals surface area contributed by atoms with Crippen molar-refractivity contribution in [3.8, 4) is 5.75 Å². The molecule has 214 valence electrons. The van der Waals surface area contributed by atoms with E-state index >= 15 is 0 Å². The van der Waals surface area contributed by atoms with Gasteiger partial charge >= 0.3 is 5.97 Å². The standard InChI is InChI=1S/C29H40F2N4O4/c1-3-38-24-15-23(34-12-8-29(30,31)9-13-34)22(20-4-5-20)14-21(24)17-33-18-28(19-33)16-25(32-39-28)35-10-6-27(2,7-11-35)26(36)37/h14-15,20H,3-13,16-19H2,1-2H3,(H,36,37). The number of ether oxygens (including phenoxy) is 1. The highest BCUT2D eigenvalue weighted by atomic mass is 19.3. The lowest BCUT2D eigenvalue weighted by Gasteiger charge is -2.46. The molecular weight excluding hydrogens is 506 g/mol. The summed E-state index contributed by atoms with van der Waals surface area (Å²) >= 11 is 0. The molecule has 0 aromatic heterocycles. The molecule has 0 atom stereocenters. The fourth-order valence-corrected chi connectivity index (χ4v) is 6.55. The quantitative estimate of drug-likeness (QED) is 0.533. The Balaban J connectivity index is 1.10. The van der Waals surface area contributed by atoms with Crippen molar-refractivity contribution >= 4 is 17.5 Å². The molecule has 8 nitrogen and oxygen atoms in total. The number of carboxylic acids is 1. The van der Waals surface area contributed by atoms with Crippen LogP contribution in [0.3, 0.4) is 0 Å². The number of hydrogen-bond acceptors (Lipinski definition) is 7. The average molecular weight is 547 g/mol. The first-order valence-electron chi connectivity index (χ1n) is 14.5. The van der Waals surface area contributed by atoms with Gasteiger partial charge in [-0.3, -0.25) is 9.69 Å². The predicted octanol–water partition coefficient (Wildman–Crippen LogP) is 4.67.